The first-order valence-electron chi connectivity index (χ1n) is 2.99. The number of hydrogen-bond acceptors (Lipinski definition) is 1. The van der Waals surface area contributed by atoms with Crippen molar-refractivity contribution in [1.82, 2.24) is 0 Å². The average Bonchev–Trinajstić information content (AvgIpc) is 1.99. The third kappa shape index (κ3) is 3.39. The lowest BCUT2D eigenvalue weighted by Crippen LogP contribution is -2.28. The van der Waals surface area contributed by atoms with Crippen LogP contribution in [0.25, 0.3) is 0 Å². The Morgan fingerprint density at radius 1 is 1.46 bits per heavy atom. The fourth-order valence-electron chi connectivity index (χ4n) is 0.492. The molecule has 0 unspecified atom stereocenters. The molecule has 0 radical (unpaired) electrons. The van der Waals surface area contributed by atoms with E-state index < -0.39 is 36.6 Å². The van der Waals surface area contributed by atoms with E-state index in [9.17, 15) is 26.7 Å². The van der Waals surface area contributed by atoms with Gasteiger partial charge >= 0.3 is 18.3 Å². The standard InChI is InChI=1S/C6H5F5O2/c7-2-3(4(12)13)1-6(10,11)5(8)9/h2,5H,1H2,(H,12,13). The number of aliphatic carboxylic acids is 1. The molecular weight excluding hydrogens is 199 g/mol. The van der Waals surface area contributed by atoms with Gasteiger partial charge in [0, 0.05) is 0 Å². The minimum Gasteiger partial charge on any atom is -0.478 e. The molecule has 0 saturated carbocycles. The zero-order valence-electron chi connectivity index (χ0n) is 6.11. The highest BCUT2D eigenvalue weighted by molar-refractivity contribution is 5.86. The third-order valence-corrected chi connectivity index (χ3v) is 1.15. The second-order valence-electron chi connectivity index (χ2n) is 2.18. The summed E-state index contributed by atoms with van der Waals surface area (Å²) >= 11 is 0. The van der Waals surface area contributed by atoms with Crippen LogP contribution >= 0.6 is 0 Å². The Morgan fingerprint density at radius 3 is 2.15 bits per heavy atom. The lowest BCUT2D eigenvalue weighted by atomic mass is 10.1. The summed E-state index contributed by atoms with van der Waals surface area (Å²) in [7, 11) is 0. The summed E-state index contributed by atoms with van der Waals surface area (Å²) in [6, 6.07) is 0. The van der Waals surface area contributed by atoms with E-state index in [1.807, 2.05) is 0 Å². The Balaban J connectivity index is 4.51. The normalized spacial score (nSPS) is 13.5. The Morgan fingerprint density at radius 2 is 1.92 bits per heavy atom. The lowest BCUT2D eigenvalue weighted by molar-refractivity contribution is -0.141. The summed E-state index contributed by atoms with van der Waals surface area (Å²) in [6.45, 7) is 0. The zero-order chi connectivity index (χ0) is 10.6. The fourth-order valence-corrected chi connectivity index (χ4v) is 0.492. The fraction of sp³-hybridized carbons (Fsp3) is 0.500. The van der Waals surface area contributed by atoms with E-state index >= 15 is 0 Å². The van der Waals surface area contributed by atoms with Crippen molar-refractivity contribution in [2.75, 3.05) is 0 Å². The third-order valence-electron chi connectivity index (χ3n) is 1.15. The van der Waals surface area contributed by atoms with Gasteiger partial charge < -0.3 is 5.11 Å². The number of hydrogen-bond donors (Lipinski definition) is 1. The molecule has 0 fully saturated rings. The molecule has 0 aliphatic rings. The van der Waals surface area contributed by atoms with Crippen LogP contribution in [0.3, 0.4) is 0 Å². The van der Waals surface area contributed by atoms with E-state index in [1.54, 1.807) is 0 Å². The Hall–Kier alpha value is -1.14. The minimum absolute atomic E-state index is 0.626. The molecular formula is C6H5F5O2. The van der Waals surface area contributed by atoms with Crippen LogP contribution < -0.4 is 0 Å². The molecule has 0 aromatic rings. The average molecular weight is 204 g/mol. The first kappa shape index (κ1) is 11.9. The minimum atomic E-state index is -4.52. The van der Waals surface area contributed by atoms with Gasteiger partial charge in [-0.3, -0.25) is 0 Å². The van der Waals surface area contributed by atoms with Gasteiger partial charge in [0.2, 0.25) is 0 Å². The summed E-state index contributed by atoms with van der Waals surface area (Å²) in [5.41, 5.74) is -1.38. The molecule has 0 saturated heterocycles. The molecule has 0 aromatic carbocycles. The van der Waals surface area contributed by atoms with Crippen molar-refractivity contribution in [3.63, 3.8) is 0 Å². The monoisotopic (exact) mass is 204 g/mol. The van der Waals surface area contributed by atoms with Crippen LogP contribution in [0.15, 0.2) is 11.9 Å². The maximum absolute atomic E-state index is 12.1. The molecule has 0 rings (SSSR count). The Labute approximate surface area is 69.7 Å². The molecule has 0 heterocycles. The molecule has 0 aromatic heterocycles. The molecule has 1 N–H and O–H groups in total. The van der Waals surface area contributed by atoms with E-state index in [2.05, 4.69) is 0 Å². The van der Waals surface area contributed by atoms with Crippen LogP contribution in [0.5, 0.6) is 0 Å². The molecule has 76 valence electrons. The molecule has 0 aliphatic heterocycles. The van der Waals surface area contributed by atoms with Crippen molar-refractivity contribution in [3.05, 3.63) is 11.9 Å². The number of alkyl halides is 4. The van der Waals surface area contributed by atoms with Gasteiger partial charge in [0.05, 0.1) is 18.3 Å². The van der Waals surface area contributed by atoms with Crippen LogP contribution in [0.1, 0.15) is 6.42 Å². The van der Waals surface area contributed by atoms with Gasteiger partial charge in [0.1, 0.15) is 0 Å². The Bertz CT molecular complexity index is 223. The van der Waals surface area contributed by atoms with E-state index in [1.165, 1.54) is 0 Å². The SMILES string of the molecule is O=C(O)C(=CF)CC(F)(F)C(F)F. The van der Waals surface area contributed by atoms with Gasteiger partial charge in [-0.1, -0.05) is 0 Å². The van der Waals surface area contributed by atoms with Crippen molar-refractivity contribution in [2.45, 2.75) is 18.8 Å². The molecule has 0 spiro atoms. The summed E-state index contributed by atoms with van der Waals surface area (Å²) < 4.78 is 58.8. The van der Waals surface area contributed by atoms with Gasteiger partial charge in [-0.2, -0.15) is 8.78 Å². The van der Waals surface area contributed by atoms with Crippen molar-refractivity contribution in [1.29, 1.82) is 0 Å². The summed E-state index contributed by atoms with van der Waals surface area (Å²) in [6.07, 6.45) is -6.46. The van der Waals surface area contributed by atoms with Gasteiger partial charge in [0.25, 0.3) is 0 Å². The summed E-state index contributed by atoms with van der Waals surface area (Å²) in [4.78, 5) is 9.94. The predicted octanol–water partition coefficient (Wildman–Crippen LogP) is 2.21. The van der Waals surface area contributed by atoms with Crippen LogP contribution in [0.2, 0.25) is 0 Å². The zero-order valence-corrected chi connectivity index (χ0v) is 6.11. The van der Waals surface area contributed by atoms with E-state index in [-0.39, 0.29) is 0 Å². The number of rotatable bonds is 4. The predicted molar refractivity (Wildman–Crippen MR) is 32.4 cm³/mol. The van der Waals surface area contributed by atoms with Crippen molar-refractivity contribution >= 4 is 5.97 Å². The lowest BCUT2D eigenvalue weighted by Gasteiger charge is -2.14. The molecule has 2 nitrogen and oxygen atoms in total. The number of halogens is 5. The number of carboxylic acid groups (broad SMARTS) is 1. The molecule has 0 bridgehead atoms. The van der Waals surface area contributed by atoms with Gasteiger partial charge in [-0.15, -0.1) is 0 Å². The molecule has 0 aliphatic carbocycles. The topological polar surface area (TPSA) is 37.3 Å². The Kier molecular flexibility index (Phi) is 3.83. The van der Waals surface area contributed by atoms with Crippen LogP contribution in [-0.2, 0) is 4.79 Å². The van der Waals surface area contributed by atoms with Gasteiger partial charge in [-0.25, -0.2) is 18.0 Å². The molecule has 13 heavy (non-hydrogen) atoms. The highest BCUT2D eigenvalue weighted by atomic mass is 19.3. The maximum atomic E-state index is 12.1. The van der Waals surface area contributed by atoms with Crippen molar-refractivity contribution in [3.8, 4) is 0 Å². The maximum Gasteiger partial charge on any atom is 0.334 e. The number of carbonyl (C=O) groups is 1. The van der Waals surface area contributed by atoms with Crippen molar-refractivity contribution < 1.29 is 31.9 Å². The highest BCUT2D eigenvalue weighted by Gasteiger charge is 2.42. The number of carboxylic acids is 1. The highest BCUT2D eigenvalue weighted by Crippen LogP contribution is 2.30. The smallest absolute Gasteiger partial charge is 0.334 e. The van der Waals surface area contributed by atoms with E-state index in [4.69, 9.17) is 5.11 Å². The van der Waals surface area contributed by atoms with E-state index in [0.29, 0.717) is 0 Å². The van der Waals surface area contributed by atoms with Crippen LogP contribution in [0.4, 0.5) is 22.0 Å². The second kappa shape index (κ2) is 4.20. The first-order valence-corrected chi connectivity index (χ1v) is 2.99. The molecule has 0 atom stereocenters. The second-order valence-corrected chi connectivity index (χ2v) is 2.18. The van der Waals surface area contributed by atoms with Crippen LogP contribution in [-0.4, -0.2) is 23.4 Å². The quantitative estimate of drug-likeness (QED) is 0.563. The van der Waals surface area contributed by atoms with Gasteiger partial charge in [-0.05, 0) is 0 Å². The summed E-state index contributed by atoms with van der Waals surface area (Å²) in [5.74, 6) is -6.50. The summed E-state index contributed by atoms with van der Waals surface area (Å²) in [5, 5.41) is 8.03. The first-order chi connectivity index (χ1) is 5.81. The largest absolute Gasteiger partial charge is 0.478 e. The van der Waals surface area contributed by atoms with Gasteiger partial charge in [0.15, 0.2) is 0 Å². The molecule has 0 amide bonds. The molecule has 7 heteroatoms. The van der Waals surface area contributed by atoms with Crippen LogP contribution in [0, 0.1) is 0 Å². The van der Waals surface area contributed by atoms with E-state index in [0.717, 1.165) is 0 Å². The van der Waals surface area contributed by atoms with Crippen molar-refractivity contribution in [2.24, 2.45) is 0 Å².